The fraction of sp³-hybridized carbons (Fsp3) is 0.333. The van der Waals surface area contributed by atoms with E-state index in [-0.39, 0.29) is 11.8 Å². The first kappa shape index (κ1) is 19.3. The van der Waals surface area contributed by atoms with Crippen LogP contribution >= 0.6 is 11.3 Å². The monoisotopic (exact) mass is 409 g/mol. The van der Waals surface area contributed by atoms with Crippen LogP contribution in [0.15, 0.2) is 42.7 Å². The van der Waals surface area contributed by atoms with Gasteiger partial charge in [0.05, 0.1) is 17.6 Å². The van der Waals surface area contributed by atoms with Gasteiger partial charge < -0.3 is 9.80 Å². The van der Waals surface area contributed by atoms with Crippen LogP contribution in [-0.2, 0) is 11.3 Å². The molecule has 0 saturated heterocycles. The summed E-state index contributed by atoms with van der Waals surface area (Å²) in [7, 11) is 3.53. The van der Waals surface area contributed by atoms with E-state index < -0.39 is 0 Å². The van der Waals surface area contributed by atoms with Gasteiger partial charge >= 0.3 is 0 Å². The number of carbonyl (C=O) groups is 2. The molecule has 3 heterocycles. The molecule has 4 rings (SSSR count). The highest BCUT2D eigenvalue weighted by atomic mass is 32.1. The van der Waals surface area contributed by atoms with Crippen LogP contribution in [0.4, 0.5) is 0 Å². The van der Waals surface area contributed by atoms with Crippen molar-refractivity contribution >= 4 is 38.8 Å². The van der Waals surface area contributed by atoms with Gasteiger partial charge in [-0.15, -0.1) is 16.4 Å². The van der Waals surface area contributed by atoms with Crippen molar-refractivity contribution in [2.24, 2.45) is 0 Å². The minimum atomic E-state index is 0.0220. The molecule has 8 heteroatoms. The summed E-state index contributed by atoms with van der Waals surface area (Å²) in [5.74, 6) is 0.149. The van der Waals surface area contributed by atoms with E-state index in [0.717, 1.165) is 39.1 Å². The second kappa shape index (κ2) is 8.16. The molecule has 0 fully saturated rings. The molecule has 0 saturated carbocycles. The Balaban J connectivity index is 1.47. The lowest BCUT2D eigenvalue weighted by Gasteiger charge is -2.27. The zero-order valence-electron chi connectivity index (χ0n) is 16.5. The normalized spacial score (nSPS) is 14.1. The molecule has 7 nitrogen and oxygen atoms in total. The number of benzene rings is 1. The summed E-state index contributed by atoms with van der Waals surface area (Å²) in [4.78, 5) is 29.1. The predicted molar refractivity (Wildman–Crippen MR) is 114 cm³/mol. The molecule has 0 unspecified atom stereocenters. The van der Waals surface area contributed by atoms with E-state index in [9.17, 15) is 9.59 Å². The van der Waals surface area contributed by atoms with Crippen molar-refractivity contribution in [2.75, 3.05) is 27.2 Å². The number of carbonyl (C=O) groups excluding carboxylic acids is 2. The molecule has 0 bridgehead atoms. The Morgan fingerprint density at radius 1 is 1.24 bits per heavy atom. The van der Waals surface area contributed by atoms with Gasteiger partial charge in [0.15, 0.2) is 0 Å². The van der Waals surface area contributed by atoms with E-state index in [2.05, 4.69) is 34.6 Å². The number of hydrogen-bond acceptors (Lipinski definition) is 5. The average Bonchev–Trinajstić information content (AvgIpc) is 3.40. The summed E-state index contributed by atoms with van der Waals surface area (Å²) >= 11 is 1.51. The van der Waals surface area contributed by atoms with E-state index in [1.807, 2.05) is 11.0 Å². The highest BCUT2D eigenvalue weighted by Gasteiger charge is 2.20. The molecule has 150 valence electrons. The maximum Gasteiger partial charge on any atom is 0.263 e. The molecule has 1 aromatic carbocycles. The SMILES string of the molecule is CN(C)C(=O)c1cc2ccc(C3=CCCN(C(=O)CCn4ccnn4)C3)cc2s1. The Morgan fingerprint density at radius 3 is 2.86 bits per heavy atom. The highest BCUT2D eigenvalue weighted by Crippen LogP contribution is 2.30. The summed E-state index contributed by atoms with van der Waals surface area (Å²) < 4.78 is 2.76. The lowest BCUT2D eigenvalue weighted by Crippen LogP contribution is -2.35. The zero-order valence-corrected chi connectivity index (χ0v) is 17.4. The molecule has 0 atom stereocenters. The number of hydrogen-bond donors (Lipinski definition) is 0. The van der Waals surface area contributed by atoms with E-state index in [1.54, 1.807) is 36.1 Å². The molecule has 3 aromatic rings. The highest BCUT2D eigenvalue weighted by molar-refractivity contribution is 7.20. The van der Waals surface area contributed by atoms with Gasteiger partial charge in [-0.2, -0.15) is 0 Å². The van der Waals surface area contributed by atoms with Crippen molar-refractivity contribution < 1.29 is 9.59 Å². The van der Waals surface area contributed by atoms with Crippen LogP contribution < -0.4 is 0 Å². The third kappa shape index (κ3) is 4.22. The van der Waals surface area contributed by atoms with Crippen molar-refractivity contribution in [2.45, 2.75) is 19.4 Å². The lowest BCUT2D eigenvalue weighted by atomic mass is 10.00. The maximum atomic E-state index is 12.6. The van der Waals surface area contributed by atoms with Crippen LogP contribution in [0.1, 0.15) is 28.1 Å². The second-order valence-corrected chi connectivity index (χ2v) is 8.40. The van der Waals surface area contributed by atoms with E-state index in [1.165, 1.54) is 11.3 Å². The number of amides is 2. The van der Waals surface area contributed by atoms with Crippen LogP contribution in [0.5, 0.6) is 0 Å². The average molecular weight is 410 g/mol. The number of fused-ring (bicyclic) bond motifs is 1. The van der Waals surface area contributed by atoms with Crippen LogP contribution in [0, 0.1) is 0 Å². The van der Waals surface area contributed by atoms with Gasteiger partial charge in [-0.1, -0.05) is 23.4 Å². The Labute approximate surface area is 173 Å². The van der Waals surface area contributed by atoms with Gasteiger partial charge in [-0.25, -0.2) is 0 Å². The Bertz CT molecular complexity index is 1070. The quantitative estimate of drug-likeness (QED) is 0.650. The Hall–Kier alpha value is -3.00. The molecular weight excluding hydrogens is 386 g/mol. The van der Waals surface area contributed by atoms with Gasteiger partial charge in [-0.05, 0) is 35.1 Å². The third-order valence-electron chi connectivity index (χ3n) is 5.04. The fourth-order valence-electron chi connectivity index (χ4n) is 3.44. The second-order valence-electron chi connectivity index (χ2n) is 7.31. The van der Waals surface area contributed by atoms with Crippen LogP contribution in [0.25, 0.3) is 15.7 Å². The topological polar surface area (TPSA) is 71.3 Å². The molecule has 0 aliphatic carbocycles. The summed E-state index contributed by atoms with van der Waals surface area (Å²) in [6.07, 6.45) is 6.85. The maximum absolute atomic E-state index is 12.6. The van der Waals surface area contributed by atoms with Crippen molar-refractivity contribution in [1.29, 1.82) is 0 Å². The Morgan fingerprint density at radius 2 is 2.10 bits per heavy atom. The number of aryl methyl sites for hydroxylation is 1. The van der Waals surface area contributed by atoms with Gasteiger partial charge in [-0.3, -0.25) is 14.3 Å². The van der Waals surface area contributed by atoms with Crippen LogP contribution in [0.3, 0.4) is 0 Å². The molecular formula is C21H23N5O2S. The van der Waals surface area contributed by atoms with Gasteiger partial charge in [0.25, 0.3) is 5.91 Å². The molecule has 2 aromatic heterocycles. The fourth-order valence-corrected chi connectivity index (χ4v) is 4.57. The van der Waals surface area contributed by atoms with E-state index >= 15 is 0 Å². The van der Waals surface area contributed by atoms with Gasteiger partial charge in [0, 0.05) is 44.5 Å². The number of nitrogens with zero attached hydrogens (tertiary/aromatic N) is 5. The van der Waals surface area contributed by atoms with Crippen LogP contribution in [-0.4, -0.2) is 63.8 Å². The molecule has 0 radical (unpaired) electrons. The van der Waals surface area contributed by atoms with Gasteiger partial charge in [0.1, 0.15) is 0 Å². The predicted octanol–water partition coefficient (Wildman–Crippen LogP) is 2.90. The summed E-state index contributed by atoms with van der Waals surface area (Å²) in [6, 6.07) is 8.21. The van der Waals surface area contributed by atoms with Crippen molar-refractivity contribution in [1.82, 2.24) is 24.8 Å². The first-order valence-electron chi connectivity index (χ1n) is 9.58. The zero-order chi connectivity index (χ0) is 20.4. The largest absolute Gasteiger partial charge is 0.344 e. The molecule has 0 spiro atoms. The number of thiophene rings is 1. The summed E-state index contributed by atoms with van der Waals surface area (Å²) in [6.45, 7) is 1.89. The third-order valence-corrected chi connectivity index (χ3v) is 6.12. The lowest BCUT2D eigenvalue weighted by molar-refractivity contribution is -0.131. The molecule has 0 N–H and O–H groups in total. The molecule has 1 aliphatic rings. The first-order chi connectivity index (χ1) is 14.0. The van der Waals surface area contributed by atoms with Crippen molar-refractivity contribution in [3.63, 3.8) is 0 Å². The minimum absolute atomic E-state index is 0.0220. The molecule has 2 amide bonds. The van der Waals surface area contributed by atoms with Gasteiger partial charge in [0.2, 0.25) is 5.91 Å². The van der Waals surface area contributed by atoms with Crippen LogP contribution in [0.2, 0.25) is 0 Å². The number of aromatic nitrogens is 3. The van der Waals surface area contributed by atoms with E-state index in [4.69, 9.17) is 0 Å². The van der Waals surface area contributed by atoms with Crippen molar-refractivity contribution in [3.05, 3.63) is 53.2 Å². The summed E-state index contributed by atoms with van der Waals surface area (Å²) in [5.41, 5.74) is 2.26. The van der Waals surface area contributed by atoms with Crippen molar-refractivity contribution in [3.8, 4) is 0 Å². The molecule has 1 aliphatic heterocycles. The summed E-state index contributed by atoms with van der Waals surface area (Å²) in [5, 5.41) is 8.75. The molecule has 29 heavy (non-hydrogen) atoms. The van der Waals surface area contributed by atoms with E-state index in [0.29, 0.717) is 19.5 Å². The minimum Gasteiger partial charge on any atom is -0.344 e. The smallest absolute Gasteiger partial charge is 0.263 e. The first-order valence-corrected chi connectivity index (χ1v) is 10.4. The Kier molecular flexibility index (Phi) is 5.44. The number of rotatable bonds is 5. The standard InChI is InChI=1S/C21H23N5O2S/c1-24(2)21(28)19-13-16-6-5-15(12-18(16)29-19)17-4-3-9-25(14-17)20(27)7-10-26-11-8-22-23-26/h4-6,8,11-13H,3,7,9-10,14H2,1-2H3.